The highest BCUT2D eigenvalue weighted by molar-refractivity contribution is 5.80. The third-order valence-electron chi connectivity index (χ3n) is 16.4. The predicted molar refractivity (Wildman–Crippen MR) is 352 cm³/mol. The number of carbonyl (C=O) groups excluding carboxylic acids is 2. The van der Waals surface area contributed by atoms with Gasteiger partial charge in [-0.3, -0.25) is 9.59 Å². The van der Waals surface area contributed by atoms with Crippen molar-refractivity contribution in [1.82, 2.24) is 5.32 Å². The van der Waals surface area contributed by atoms with Crippen LogP contribution in [0.15, 0.2) is 72.9 Å². The molecule has 488 valence electrons. The summed E-state index contributed by atoms with van der Waals surface area (Å²) in [6.07, 6.45) is 68.2. The lowest BCUT2D eigenvalue weighted by Crippen LogP contribution is -2.61. The summed E-state index contributed by atoms with van der Waals surface area (Å²) >= 11 is 0. The van der Waals surface area contributed by atoms with Gasteiger partial charge in [-0.2, -0.15) is 0 Å². The highest BCUT2D eigenvalue weighted by atomic mass is 16.7. The lowest BCUT2D eigenvalue weighted by molar-refractivity contribution is -0.305. The van der Waals surface area contributed by atoms with Crippen molar-refractivity contribution in [2.24, 2.45) is 0 Å². The minimum absolute atomic E-state index is 0.0442. The van der Waals surface area contributed by atoms with Gasteiger partial charge in [-0.05, 0) is 64.2 Å². The second-order valence-corrected chi connectivity index (χ2v) is 24.2. The van der Waals surface area contributed by atoms with Crippen molar-refractivity contribution in [3.05, 3.63) is 72.9 Å². The molecule has 0 bridgehead atoms. The third-order valence-corrected chi connectivity index (χ3v) is 16.4. The molecule has 0 saturated carbocycles. The van der Waals surface area contributed by atoms with Gasteiger partial charge in [0.15, 0.2) is 12.4 Å². The smallest absolute Gasteiger partial charge is 0.306 e. The van der Waals surface area contributed by atoms with Crippen LogP contribution < -0.4 is 5.32 Å². The number of hydrogen-bond donors (Lipinski definition) is 6. The van der Waals surface area contributed by atoms with Gasteiger partial charge in [0.2, 0.25) is 5.91 Å². The van der Waals surface area contributed by atoms with E-state index in [1.54, 1.807) is 6.08 Å². The summed E-state index contributed by atoms with van der Waals surface area (Å²) in [5.41, 5.74) is 0. The predicted octanol–water partition coefficient (Wildman–Crippen LogP) is 17.9. The molecule has 0 spiro atoms. The zero-order chi connectivity index (χ0) is 61.0. The number of aliphatic hydroxyl groups excluding tert-OH is 5. The molecule has 1 rings (SSSR count). The van der Waals surface area contributed by atoms with Gasteiger partial charge < -0.3 is 45.1 Å². The minimum atomic E-state index is -1.64. The van der Waals surface area contributed by atoms with Crippen molar-refractivity contribution in [3.63, 3.8) is 0 Å². The van der Waals surface area contributed by atoms with Crippen molar-refractivity contribution < 1.29 is 49.3 Å². The number of allylic oxidation sites excluding steroid dienone is 11. The number of nitrogens with one attached hydrogen (secondary N) is 1. The van der Waals surface area contributed by atoms with E-state index in [1.165, 1.54) is 193 Å². The van der Waals surface area contributed by atoms with Gasteiger partial charge >= 0.3 is 5.97 Å². The van der Waals surface area contributed by atoms with E-state index in [9.17, 15) is 35.1 Å². The minimum Gasteiger partial charge on any atom is -0.454 e. The van der Waals surface area contributed by atoms with Gasteiger partial charge in [0, 0.05) is 6.42 Å². The molecule has 0 aromatic carbocycles. The topological polar surface area (TPSA) is 175 Å². The SMILES string of the molecule is CC/C=C\C/C=C\C/C=C\C/C=C\C/C=C\CCCC(=O)OC1C(OCC(NC(=O)C(O)CCCCCCCCCCCCCCCCCCCCCCCCCCCC)C(O)/C=C/CCCCCCCCCCCC)OC(CO)C(O)C1O. The Morgan fingerprint density at radius 2 is 0.857 bits per heavy atom. The second kappa shape index (κ2) is 60.4. The number of ether oxygens (including phenoxy) is 3. The van der Waals surface area contributed by atoms with E-state index in [2.05, 4.69) is 74.7 Å². The molecule has 11 heteroatoms. The molecule has 8 unspecified atom stereocenters. The van der Waals surface area contributed by atoms with Crippen LogP contribution in [0.2, 0.25) is 0 Å². The van der Waals surface area contributed by atoms with E-state index < -0.39 is 67.4 Å². The molecule has 6 N–H and O–H groups in total. The average Bonchev–Trinajstić information content (AvgIpc) is 3.69. The Hall–Kier alpha value is -2.90. The lowest BCUT2D eigenvalue weighted by Gasteiger charge is -2.41. The lowest BCUT2D eigenvalue weighted by atomic mass is 9.99. The van der Waals surface area contributed by atoms with E-state index in [4.69, 9.17) is 14.2 Å². The second-order valence-electron chi connectivity index (χ2n) is 24.2. The van der Waals surface area contributed by atoms with Crippen LogP contribution >= 0.6 is 0 Å². The van der Waals surface area contributed by atoms with Gasteiger partial charge in [-0.15, -0.1) is 0 Å². The molecule has 1 saturated heterocycles. The number of hydrogen-bond acceptors (Lipinski definition) is 10. The molecule has 1 aliphatic heterocycles. The van der Waals surface area contributed by atoms with Gasteiger partial charge in [0.25, 0.3) is 0 Å². The van der Waals surface area contributed by atoms with Gasteiger partial charge in [-0.1, -0.05) is 318 Å². The monoisotopic (exact) mass is 1180 g/mol. The van der Waals surface area contributed by atoms with E-state index in [0.717, 1.165) is 70.6 Å². The average molecular weight is 1180 g/mol. The van der Waals surface area contributed by atoms with Gasteiger partial charge in [0.05, 0.1) is 25.4 Å². The van der Waals surface area contributed by atoms with Crippen LogP contribution in [0.3, 0.4) is 0 Å². The van der Waals surface area contributed by atoms with Crippen LogP contribution in [0.1, 0.15) is 316 Å². The van der Waals surface area contributed by atoms with E-state index in [0.29, 0.717) is 19.3 Å². The van der Waals surface area contributed by atoms with Crippen molar-refractivity contribution >= 4 is 11.9 Å². The largest absolute Gasteiger partial charge is 0.454 e. The van der Waals surface area contributed by atoms with Crippen LogP contribution in [0.4, 0.5) is 0 Å². The third kappa shape index (κ3) is 47.2. The summed E-state index contributed by atoms with van der Waals surface area (Å²) in [6, 6.07) is -1.04. The fourth-order valence-corrected chi connectivity index (χ4v) is 10.9. The highest BCUT2D eigenvalue weighted by Crippen LogP contribution is 2.26. The molecule has 0 aromatic rings. The number of carbonyl (C=O) groups is 2. The Balaban J connectivity index is 2.58. The Bertz CT molecular complexity index is 1640. The molecule has 1 heterocycles. The summed E-state index contributed by atoms with van der Waals surface area (Å²) in [6.45, 7) is 5.68. The first-order valence-corrected chi connectivity index (χ1v) is 35.2. The van der Waals surface area contributed by atoms with Gasteiger partial charge in [-0.25, -0.2) is 0 Å². The van der Waals surface area contributed by atoms with E-state index >= 15 is 0 Å². The molecular formula is C73H131NO10. The van der Waals surface area contributed by atoms with E-state index in [1.807, 2.05) is 18.2 Å². The molecule has 1 amide bonds. The maximum absolute atomic E-state index is 13.5. The Labute approximate surface area is 515 Å². The Morgan fingerprint density at radius 3 is 1.27 bits per heavy atom. The van der Waals surface area contributed by atoms with Crippen LogP contribution in [0, 0.1) is 0 Å². The van der Waals surface area contributed by atoms with Crippen LogP contribution in [-0.2, 0) is 23.8 Å². The summed E-state index contributed by atoms with van der Waals surface area (Å²) in [4.78, 5) is 26.6. The molecule has 11 nitrogen and oxygen atoms in total. The first-order valence-electron chi connectivity index (χ1n) is 35.2. The van der Waals surface area contributed by atoms with Crippen molar-refractivity contribution in [1.29, 1.82) is 0 Å². The maximum Gasteiger partial charge on any atom is 0.306 e. The number of aliphatic hydroxyl groups is 5. The zero-order valence-electron chi connectivity index (χ0n) is 54.3. The molecule has 1 fully saturated rings. The van der Waals surface area contributed by atoms with Crippen LogP contribution in [0.5, 0.6) is 0 Å². The number of esters is 1. The molecule has 84 heavy (non-hydrogen) atoms. The van der Waals surface area contributed by atoms with Crippen molar-refractivity contribution in [2.75, 3.05) is 13.2 Å². The number of unbranched alkanes of at least 4 members (excludes halogenated alkanes) is 36. The molecule has 0 radical (unpaired) electrons. The van der Waals surface area contributed by atoms with E-state index in [-0.39, 0.29) is 19.4 Å². The molecule has 0 aliphatic carbocycles. The van der Waals surface area contributed by atoms with Crippen molar-refractivity contribution in [3.8, 4) is 0 Å². The summed E-state index contributed by atoms with van der Waals surface area (Å²) in [5.74, 6) is -1.25. The Kier molecular flexibility index (Phi) is 56.9. The Morgan fingerprint density at radius 1 is 0.476 bits per heavy atom. The molecule has 1 aliphatic rings. The van der Waals surface area contributed by atoms with Crippen molar-refractivity contribution in [2.45, 2.75) is 365 Å². The fourth-order valence-electron chi connectivity index (χ4n) is 10.9. The molecule has 8 atom stereocenters. The summed E-state index contributed by atoms with van der Waals surface area (Å²) in [7, 11) is 0. The number of amides is 1. The van der Waals surface area contributed by atoms with Crippen LogP contribution in [0.25, 0.3) is 0 Å². The summed E-state index contributed by atoms with van der Waals surface area (Å²) < 4.78 is 17.6. The van der Waals surface area contributed by atoms with Crippen LogP contribution in [-0.4, -0.2) is 99.6 Å². The normalized spacial score (nSPS) is 18.9. The highest BCUT2D eigenvalue weighted by Gasteiger charge is 2.47. The fraction of sp³-hybridized carbons (Fsp3) is 0.808. The zero-order valence-corrected chi connectivity index (χ0v) is 54.3. The maximum atomic E-state index is 13.5. The van der Waals surface area contributed by atoms with Gasteiger partial charge in [0.1, 0.15) is 24.4 Å². The number of rotatable bonds is 60. The summed E-state index contributed by atoms with van der Waals surface area (Å²) in [5, 5.41) is 57.1. The molecular weight excluding hydrogens is 1050 g/mol. The first-order chi connectivity index (χ1) is 41.2. The molecule has 0 aromatic heterocycles. The first kappa shape index (κ1) is 79.1. The standard InChI is InChI=1S/C73H131NO10/c1-4-7-10-13-16-19-22-25-27-29-30-31-32-33-34-35-36-37-39-40-42-45-48-51-54-57-60-66(77)72(81)74-64(65(76)59-56-53-50-47-44-24-21-18-15-12-9-6-3)63-82-73-71(70(80)69(79)67(62-75)83-73)84-68(78)61-58-55-52-49-46-43-41-38-28-26-23-20-17-14-11-8-5-2/h8,11,17,20,26,28,41,43,49,52,56,59,64-67,69-71,73,75-77,79-80H,4-7,9-10,12-16,18-19,21-25,27,29-40,42,44-48,50-51,53-55,57-58,60-63H2,1-3H3,(H,74,81)/b11-8-,20-17-,28-26-,43-41-,52-49-,59-56+. The quantitative estimate of drug-likeness (QED) is 0.0195.